The van der Waals surface area contributed by atoms with E-state index in [4.69, 9.17) is 21.1 Å². The lowest BCUT2D eigenvalue weighted by molar-refractivity contribution is 0.0668. The number of aromatic hydroxyl groups is 2. The van der Waals surface area contributed by atoms with Gasteiger partial charge in [-0.1, -0.05) is 29.8 Å². The van der Waals surface area contributed by atoms with Crippen molar-refractivity contribution >= 4 is 22.7 Å². The van der Waals surface area contributed by atoms with Crippen LogP contribution < -0.4 is 9.47 Å². The average Bonchev–Trinajstić information content (AvgIpc) is 2.84. The normalized spacial score (nSPS) is 15.4. The van der Waals surface area contributed by atoms with Crippen molar-refractivity contribution in [3.05, 3.63) is 82.9 Å². The third-order valence-corrected chi connectivity index (χ3v) is 6.47. The number of ether oxygens (including phenoxy) is 2. The number of rotatable bonds is 6. The molecule has 5 nitrogen and oxygen atoms in total. The second kappa shape index (κ2) is 11.5. The van der Waals surface area contributed by atoms with E-state index in [9.17, 15) is 14.6 Å². The maximum atomic E-state index is 12.1. The molecular weight excluding hydrogens is 469 g/mol. The Morgan fingerprint density at radius 2 is 1.69 bits per heavy atom. The number of fused-ring (bicyclic) bond motifs is 1. The van der Waals surface area contributed by atoms with Gasteiger partial charge in [0.15, 0.2) is 0 Å². The van der Waals surface area contributed by atoms with Gasteiger partial charge in [-0.3, -0.25) is 9.29 Å². The van der Waals surface area contributed by atoms with Gasteiger partial charge in [-0.2, -0.15) is 0 Å². The van der Waals surface area contributed by atoms with Gasteiger partial charge in [0.1, 0.15) is 36.2 Å². The smallest absolute Gasteiger partial charge is 0.127 e. The number of benzene rings is 3. The van der Waals surface area contributed by atoms with E-state index in [1.165, 1.54) is 0 Å². The Morgan fingerprint density at radius 3 is 2.40 bits per heavy atom. The maximum Gasteiger partial charge on any atom is 0.127 e. The third kappa shape index (κ3) is 6.27. The summed E-state index contributed by atoms with van der Waals surface area (Å²) in [5.74, 6) is 2.25. The Kier molecular flexibility index (Phi) is 8.16. The van der Waals surface area contributed by atoms with Gasteiger partial charge in [-0.15, -0.1) is 0 Å². The molecular formula is C28H29ClFNO4. The first kappa shape index (κ1) is 24.9. The molecule has 5 rings (SSSR count). The van der Waals surface area contributed by atoms with Crippen LogP contribution >= 0.6 is 11.6 Å². The number of phenols is 2. The molecule has 0 spiro atoms. The van der Waals surface area contributed by atoms with Crippen LogP contribution in [0.1, 0.15) is 18.1 Å². The van der Waals surface area contributed by atoms with E-state index in [1.54, 1.807) is 36.4 Å². The summed E-state index contributed by atoms with van der Waals surface area (Å²) in [6.07, 6.45) is 0. The van der Waals surface area contributed by atoms with Crippen LogP contribution in [0.3, 0.4) is 0 Å². The number of hydrogen-bond acceptors (Lipinski definition) is 5. The molecule has 3 aromatic rings. The van der Waals surface area contributed by atoms with Crippen molar-refractivity contribution in [1.29, 1.82) is 0 Å². The largest absolute Gasteiger partial charge is 0.508 e. The first-order chi connectivity index (χ1) is 16.9. The second-order valence-corrected chi connectivity index (χ2v) is 9.09. The fourth-order valence-electron chi connectivity index (χ4n) is 4.15. The minimum absolute atomic E-state index is 0.159. The van der Waals surface area contributed by atoms with Crippen LogP contribution in [0.4, 0.5) is 4.39 Å². The van der Waals surface area contributed by atoms with Gasteiger partial charge in [0.2, 0.25) is 0 Å². The van der Waals surface area contributed by atoms with E-state index in [0.29, 0.717) is 18.2 Å². The summed E-state index contributed by atoms with van der Waals surface area (Å²) >= 11 is 6.20. The number of nitrogens with zero attached hydrogens (tertiary/aromatic N) is 1. The molecule has 0 aliphatic carbocycles. The molecule has 35 heavy (non-hydrogen) atoms. The first-order valence-corrected chi connectivity index (χ1v) is 11.9. The quantitative estimate of drug-likeness (QED) is 0.434. The molecule has 2 aliphatic rings. The zero-order chi connectivity index (χ0) is 24.8. The van der Waals surface area contributed by atoms with Crippen molar-refractivity contribution < 1.29 is 24.1 Å². The maximum absolute atomic E-state index is 12.1. The van der Waals surface area contributed by atoms with Gasteiger partial charge in [-0.25, -0.2) is 0 Å². The number of likely N-dealkylation sites (tertiary alicyclic amines) is 1. The van der Waals surface area contributed by atoms with Crippen molar-refractivity contribution in [3.63, 3.8) is 0 Å². The summed E-state index contributed by atoms with van der Waals surface area (Å²) in [6, 6.07) is 19.6. The number of allylic oxidation sites excluding steroid dienone is 1. The standard InChI is InChI=1S/C16H13ClO3.C12H16FNO/c1-9-12-6-11(19)3-5-16(12)20-8-14(9)13-7-10(18)2-4-15(13)17;13-8-11-9-14(10-11)6-7-15-12-4-2-1-3-5-12/h2-7,18-19H,8H2,1H3;1-5,11H,6-10H2. The molecule has 7 heteroatoms. The Morgan fingerprint density at radius 1 is 1.00 bits per heavy atom. The van der Waals surface area contributed by atoms with Crippen LogP contribution in [-0.2, 0) is 0 Å². The lowest BCUT2D eigenvalue weighted by atomic mass is 9.93. The fraction of sp³-hybridized carbons (Fsp3) is 0.286. The lowest BCUT2D eigenvalue weighted by Crippen LogP contribution is -2.49. The highest BCUT2D eigenvalue weighted by Gasteiger charge is 2.25. The summed E-state index contributed by atoms with van der Waals surface area (Å²) in [6.45, 7) is 5.50. The van der Waals surface area contributed by atoms with Gasteiger partial charge in [0.05, 0.1) is 6.67 Å². The van der Waals surface area contributed by atoms with Crippen molar-refractivity contribution in [3.8, 4) is 23.0 Å². The van der Waals surface area contributed by atoms with Gasteiger partial charge in [0.25, 0.3) is 0 Å². The van der Waals surface area contributed by atoms with Crippen LogP contribution in [0, 0.1) is 5.92 Å². The van der Waals surface area contributed by atoms with Crippen LogP contribution in [0.2, 0.25) is 5.02 Å². The first-order valence-electron chi connectivity index (χ1n) is 11.6. The molecule has 0 aromatic heterocycles. The summed E-state index contributed by atoms with van der Waals surface area (Å²) in [7, 11) is 0. The predicted octanol–water partition coefficient (Wildman–Crippen LogP) is 6.04. The average molecular weight is 498 g/mol. The Balaban J connectivity index is 0.000000172. The SMILES string of the molecule is CC1=C(c2cc(O)ccc2Cl)COc2ccc(O)cc21.FCC1CN(CCOc2ccccc2)C1. The van der Waals surface area contributed by atoms with Gasteiger partial charge in [0, 0.05) is 47.3 Å². The highest BCUT2D eigenvalue weighted by atomic mass is 35.5. The number of hydrogen-bond donors (Lipinski definition) is 2. The number of alkyl halides is 1. The summed E-state index contributed by atoms with van der Waals surface area (Å²) < 4.78 is 23.4. The van der Waals surface area contributed by atoms with E-state index in [0.717, 1.165) is 53.4 Å². The van der Waals surface area contributed by atoms with Crippen LogP contribution in [0.25, 0.3) is 11.1 Å². The highest BCUT2D eigenvalue weighted by molar-refractivity contribution is 6.32. The molecule has 3 aromatic carbocycles. The van der Waals surface area contributed by atoms with Crippen molar-refractivity contribution in [2.75, 3.05) is 39.5 Å². The van der Waals surface area contributed by atoms with Crippen molar-refractivity contribution in [1.82, 2.24) is 4.90 Å². The molecule has 0 unspecified atom stereocenters. The molecule has 2 N–H and O–H groups in total. The van der Waals surface area contributed by atoms with Crippen LogP contribution in [-0.4, -0.2) is 54.6 Å². The van der Waals surface area contributed by atoms with E-state index in [1.807, 2.05) is 37.3 Å². The summed E-state index contributed by atoms with van der Waals surface area (Å²) in [5, 5.41) is 19.8. The van der Waals surface area contributed by atoms with Gasteiger partial charge < -0.3 is 19.7 Å². The third-order valence-electron chi connectivity index (χ3n) is 6.14. The monoisotopic (exact) mass is 497 g/mol. The Bertz CT molecular complexity index is 1180. The molecule has 1 saturated heterocycles. The zero-order valence-electron chi connectivity index (χ0n) is 19.6. The lowest BCUT2D eigenvalue weighted by Gasteiger charge is -2.37. The molecule has 0 bridgehead atoms. The van der Waals surface area contributed by atoms with Crippen molar-refractivity contribution in [2.24, 2.45) is 5.92 Å². The topological polar surface area (TPSA) is 62.2 Å². The van der Waals surface area contributed by atoms with Crippen LogP contribution in [0.15, 0.2) is 66.7 Å². The predicted molar refractivity (Wildman–Crippen MR) is 137 cm³/mol. The van der Waals surface area contributed by atoms with Gasteiger partial charge >= 0.3 is 0 Å². The number of para-hydroxylation sites is 1. The van der Waals surface area contributed by atoms with E-state index >= 15 is 0 Å². The molecule has 0 radical (unpaired) electrons. The molecule has 1 fully saturated rings. The Hall–Kier alpha value is -3.22. The van der Waals surface area contributed by atoms with Crippen LogP contribution in [0.5, 0.6) is 23.0 Å². The number of phenolic OH excluding ortho intramolecular Hbond substituents is 2. The fourth-order valence-corrected chi connectivity index (χ4v) is 4.38. The minimum Gasteiger partial charge on any atom is -0.508 e. The molecule has 0 saturated carbocycles. The second-order valence-electron chi connectivity index (χ2n) is 8.68. The minimum atomic E-state index is -0.184. The molecule has 184 valence electrons. The van der Waals surface area contributed by atoms with Gasteiger partial charge in [-0.05, 0) is 61.0 Å². The van der Waals surface area contributed by atoms with E-state index in [-0.39, 0.29) is 24.1 Å². The summed E-state index contributed by atoms with van der Waals surface area (Å²) in [5.41, 5.74) is 3.47. The molecule has 2 aliphatic heterocycles. The zero-order valence-corrected chi connectivity index (χ0v) is 20.3. The Labute approximate surface area is 210 Å². The number of halogens is 2. The van der Waals surface area contributed by atoms with Crippen molar-refractivity contribution in [2.45, 2.75) is 6.92 Å². The highest BCUT2D eigenvalue weighted by Crippen LogP contribution is 2.40. The van der Waals surface area contributed by atoms with E-state index < -0.39 is 0 Å². The summed E-state index contributed by atoms with van der Waals surface area (Å²) in [4.78, 5) is 2.22. The van der Waals surface area contributed by atoms with E-state index in [2.05, 4.69) is 4.90 Å². The molecule has 0 amide bonds. The molecule has 0 atom stereocenters. The molecule has 2 heterocycles.